The summed E-state index contributed by atoms with van der Waals surface area (Å²) in [5.41, 5.74) is 0.725. The molecule has 0 aliphatic rings. The monoisotopic (exact) mass is 221 g/mol. The first-order valence-corrected chi connectivity index (χ1v) is 4.28. The van der Waals surface area contributed by atoms with Crippen LogP contribution < -0.4 is 10.6 Å². The average Bonchev–Trinajstić information content (AvgIpc) is 2.04. The minimum atomic E-state index is 0.212. The number of halogens is 2. The van der Waals surface area contributed by atoms with Crippen molar-refractivity contribution >= 4 is 23.2 Å². The van der Waals surface area contributed by atoms with Gasteiger partial charge in [-0.1, -0.05) is 23.2 Å². The second-order valence-corrected chi connectivity index (χ2v) is 3.23. The molecular formula is C8H9Cl2NO2. The molecule has 3 nitrogen and oxygen atoms in total. The Morgan fingerprint density at radius 3 is 2.62 bits per heavy atom. The molecule has 0 saturated carbocycles. The highest BCUT2D eigenvalue weighted by atomic mass is 35.5. The fourth-order valence-electron chi connectivity index (χ4n) is 1.04. The van der Waals surface area contributed by atoms with Crippen LogP contribution >= 0.6 is 23.2 Å². The first kappa shape index (κ1) is 10.6. The summed E-state index contributed by atoms with van der Waals surface area (Å²) in [5, 5.41) is 0.972. The molecule has 0 aromatic heterocycles. The van der Waals surface area contributed by atoms with Gasteiger partial charge in [-0.15, -0.1) is 0 Å². The molecule has 0 atom stereocenters. The van der Waals surface area contributed by atoms with Crippen molar-refractivity contribution in [2.45, 2.75) is 6.61 Å². The molecule has 2 N–H and O–H groups in total. The molecule has 1 aromatic rings. The average molecular weight is 222 g/mol. The van der Waals surface area contributed by atoms with Crippen LogP contribution in [-0.2, 0) is 11.4 Å². The number of ether oxygens (including phenoxy) is 1. The van der Waals surface area contributed by atoms with Crippen molar-refractivity contribution < 1.29 is 9.57 Å². The second-order valence-electron chi connectivity index (χ2n) is 2.39. The molecule has 1 aromatic carbocycles. The van der Waals surface area contributed by atoms with Gasteiger partial charge in [-0.2, -0.15) is 0 Å². The molecule has 0 aliphatic carbocycles. The zero-order valence-corrected chi connectivity index (χ0v) is 8.52. The summed E-state index contributed by atoms with van der Waals surface area (Å²) in [6.45, 7) is 0.212. The number of hydrogen-bond donors (Lipinski definition) is 1. The molecule has 0 saturated heterocycles. The third-order valence-electron chi connectivity index (χ3n) is 1.53. The molecule has 72 valence electrons. The molecule has 0 amide bonds. The Bertz CT molecular complexity index is 304. The maximum atomic E-state index is 5.86. The lowest BCUT2D eigenvalue weighted by molar-refractivity contribution is 0.122. The van der Waals surface area contributed by atoms with Gasteiger partial charge in [-0.05, 0) is 12.1 Å². The Morgan fingerprint density at radius 2 is 2.08 bits per heavy atom. The van der Waals surface area contributed by atoms with E-state index in [1.165, 1.54) is 7.11 Å². The highest BCUT2D eigenvalue weighted by Gasteiger charge is 2.09. The number of rotatable bonds is 3. The Labute approximate surface area is 86.3 Å². The Balaban J connectivity index is 3.13. The minimum absolute atomic E-state index is 0.212. The van der Waals surface area contributed by atoms with E-state index in [1.807, 2.05) is 0 Å². The van der Waals surface area contributed by atoms with Gasteiger partial charge in [-0.25, -0.2) is 5.90 Å². The van der Waals surface area contributed by atoms with Gasteiger partial charge in [0.1, 0.15) is 5.75 Å². The van der Waals surface area contributed by atoms with E-state index in [0.29, 0.717) is 15.8 Å². The second kappa shape index (κ2) is 4.67. The van der Waals surface area contributed by atoms with Crippen LogP contribution in [0.25, 0.3) is 0 Å². The number of methoxy groups -OCH3 is 1. The maximum Gasteiger partial charge on any atom is 0.143 e. The van der Waals surface area contributed by atoms with Gasteiger partial charge in [0.05, 0.1) is 18.7 Å². The molecule has 0 radical (unpaired) electrons. The summed E-state index contributed by atoms with van der Waals surface area (Å²) in [6.07, 6.45) is 0. The highest BCUT2D eigenvalue weighted by molar-refractivity contribution is 6.35. The van der Waals surface area contributed by atoms with E-state index in [0.717, 1.165) is 5.56 Å². The van der Waals surface area contributed by atoms with Crippen LogP contribution in [-0.4, -0.2) is 7.11 Å². The molecule has 5 heteroatoms. The van der Waals surface area contributed by atoms with Crippen LogP contribution in [0.15, 0.2) is 12.1 Å². The van der Waals surface area contributed by atoms with Crippen LogP contribution in [0.3, 0.4) is 0 Å². The van der Waals surface area contributed by atoms with Gasteiger partial charge in [0.2, 0.25) is 0 Å². The summed E-state index contributed by atoms with van der Waals surface area (Å²) >= 11 is 11.6. The minimum Gasteiger partial charge on any atom is -0.495 e. The smallest absolute Gasteiger partial charge is 0.143 e. The van der Waals surface area contributed by atoms with Gasteiger partial charge in [0.15, 0.2) is 0 Å². The Hall–Kier alpha value is -0.480. The van der Waals surface area contributed by atoms with Crippen molar-refractivity contribution in [2.75, 3.05) is 7.11 Å². The van der Waals surface area contributed by atoms with Crippen LogP contribution in [0.1, 0.15) is 5.56 Å². The molecule has 0 bridgehead atoms. The van der Waals surface area contributed by atoms with Crippen molar-refractivity contribution in [3.05, 3.63) is 27.7 Å². The molecule has 0 fully saturated rings. The topological polar surface area (TPSA) is 44.5 Å². The SMILES string of the molecule is COc1c(Cl)cc(Cl)cc1CON. The maximum absolute atomic E-state index is 5.86. The van der Waals surface area contributed by atoms with Gasteiger partial charge in [0, 0.05) is 10.6 Å². The van der Waals surface area contributed by atoms with Crippen molar-refractivity contribution in [3.63, 3.8) is 0 Å². The molecule has 0 heterocycles. The van der Waals surface area contributed by atoms with E-state index < -0.39 is 0 Å². The molecule has 0 spiro atoms. The van der Waals surface area contributed by atoms with E-state index in [2.05, 4.69) is 4.84 Å². The summed E-state index contributed by atoms with van der Waals surface area (Å²) in [5.74, 6) is 5.48. The summed E-state index contributed by atoms with van der Waals surface area (Å²) in [4.78, 5) is 4.48. The Morgan fingerprint density at radius 1 is 1.38 bits per heavy atom. The van der Waals surface area contributed by atoms with E-state index in [1.54, 1.807) is 12.1 Å². The third-order valence-corrected chi connectivity index (χ3v) is 2.03. The third kappa shape index (κ3) is 2.48. The van der Waals surface area contributed by atoms with E-state index in [4.69, 9.17) is 33.8 Å². The number of benzene rings is 1. The van der Waals surface area contributed by atoms with Crippen LogP contribution in [0, 0.1) is 0 Å². The number of hydrogen-bond acceptors (Lipinski definition) is 3. The standard InChI is InChI=1S/C8H9Cl2NO2/c1-12-8-5(4-13-11)2-6(9)3-7(8)10/h2-3H,4,11H2,1H3. The zero-order valence-electron chi connectivity index (χ0n) is 7.01. The highest BCUT2D eigenvalue weighted by Crippen LogP contribution is 2.32. The van der Waals surface area contributed by atoms with Crippen LogP contribution in [0.4, 0.5) is 0 Å². The zero-order chi connectivity index (χ0) is 9.84. The normalized spacial score (nSPS) is 10.2. The summed E-state index contributed by atoms with van der Waals surface area (Å²) in [7, 11) is 1.52. The van der Waals surface area contributed by atoms with Gasteiger partial charge >= 0.3 is 0 Å². The Kier molecular flexibility index (Phi) is 3.81. The van der Waals surface area contributed by atoms with E-state index >= 15 is 0 Å². The first-order chi connectivity index (χ1) is 6.19. The predicted molar refractivity (Wildman–Crippen MR) is 52.0 cm³/mol. The van der Waals surface area contributed by atoms with Gasteiger partial charge in [0.25, 0.3) is 0 Å². The number of nitrogens with two attached hydrogens (primary N) is 1. The van der Waals surface area contributed by atoms with E-state index in [9.17, 15) is 0 Å². The molecule has 0 unspecified atom stereocenters. The van der Waals surface area contributed by atoms with Gasteiger partial charge in [-0.3, -0.25) is 4.84 Å². The summed E-state index contributed by atoms with van der Waals surface area (Å²) in [6, 6.07) is 3.29. The fraction of sp³-hybridized carbons (Fsp3) is 0.250. The predicted octanol–water partition coefficient (Wildman–Crippen LogP) is 2.39. The lowest BCUT2D eigenvalue weighted by atomic mass is 10.2. The fourth-order valence-corrected chi connectivity index (χ4v) is 1.65. The first-order valence-electron chi connectivity index (χ1n) is 3.52. The summed E-state index contributed by atoms with van der Waals surface area (Å²) < 4.78 is 5.06. The molecule has 0 aliphatic heterocycles. The van der Waals surface area contributed by atoms with Crippen molar-refractivity contribution in [2.24, 2.45) is 5.90 Å². The van der Waals surface area contributed by atoms with Crippen LogP contribution in [0.5, 0.6) is 5.75 Å². The van der Waals surface area contributed by atoms with Crippen molar-refractivity contribution in [1.29, 1.82) is 0 Å². The lowest BCUT2D eigenvalue weighted by Crippen LogP contribution is -2.01. The molecule has 1 rings (SSSR count). The largest absolute Gasteiger partial charge is 0.495 e. The molecule has 13 heavy (non-hydrogen) atoms. The van der Waals surface area contributed by atoms with Crippen molar-refractivity contribution in [3.8, 4) is 5.75 Å². The van der Waals surface area contributed by atoms with E-state index in [-0.39, 0.29) is 6.61 Å². The quantitative estimate of drug-likeness (QED) is 0.798. The lowest BCUT2D eigenvalue weighted by Gasteiger charge is -2.09. The molecular weight excluding hydrogens is 213 g/mol. The van der Waals surface area contributed by atoms with Gasteiger partial charge < -0.3 is 4.74 Å². The van der Waals surface area contributed by atoms with Crippen LogP contribution in [0.2, 0.25) is 10.0 Å². The van der Waals surface area contributed by atoms with Crippen molar-refractivity contribution in [1.82, 2.24) is 0 Å².